The molecule has 1 aliphatic carbocycles. The zero-order valence-corrected chi connectivity index (χ0v) is 12.7. The first-order valence-corrected chi connectivity index (χ1v) is 7.89. The van der Waals surface area contributed by atoms with E-state index >= 15 is 0 Å². The Kier molecular flexibility index (Phi) is 3.61. The second-order valence-corrected chi connectivity index (χ2v) is 6.51. The summed E-state index contributed by atoms with van der Waals surface area (Å²) < 4.78 is 1.70. The van der Waals surface area contributed by atoms with E-state index in [0.717, 1.165) is 29.2 Å². The van der Waals surface area contributed by atoms with Crippen LogP contribution in [0.5, 0.6) is 0 Å². The Morgan fingerprint density at radius 2 is 2.10 bits per heavy atom. The van der Waals surface area contributed by atoms with Gasteiger partial charge < -0.3 is 5.32 Å². The normalized spacial score (nSPS) is 14.7. The van der Waals surface area contributed by atoms with Crippen molar-refractivity contribution in [2.75, 3.05) is 5.32 Å². The number of aryl methyl sites for hydroxylation is 4. The molecule has 0 radical (unpaired) electrons. The number of anilines is 1. The van der Waals surface area contributed by atoms with E-state index in [1.165, 1.54) is 29.7 Å². The number of nitrogens with one attached hydrogen (secondary N) is 1. The van der Waals surface area contributed by atoms with Crippen LogP contribution in [0.15, 0.2) is 12.1 Å². The maximum atomic E-state index is 12.3. The second-order valence-electron chi connectivity index (χ2n) is 5.37. The van der Waals surface area contributed by atoms with E-state index in [1.54, 1.807) is 16.0 Å². The van der Waals surface area contributed by atoms with Gasteiger partial charge in [0, 0.05) is 18.0 Å². The summed E-state index contributed by atoms with van der Waals surface area (Å²) in [6, 6.07) is 3.96. The average molecular weight is 289 g/mol. The number of rotatable bonds is 2. The summed E-state index contributed by atoms with van der Waals surface area (Å²) in [6.07, 6.45) is 6.03. The predicted octanol–water partition coefficient (Wildman–Crippen LogP) is 3.31. The number of hydrogen-bond acceptors (Lipinski definition) is 3. The Labute approximate surface area is 122 Å². The summed E-state index contributed by atoms with van der Waals surface area (Å²) in [6.45, 7) is 1.92. The highest BCUT2D eigenvalue weighted by Crippen LogP contribution is 2.29. The van der Waals surface area contributed by atoms with Crippen LogP contribution in [0.4, 0.5) is 5.82 Å². The van der Waals surface area contributed by atoms with Gasteiger partial charge in [0.15, 0.2) is 0 Å². The monoisotopic (exact) mass is 289 g/mol. The molecule has 3 rings (SSSR count). The lowest BCUT2D eigenvalue weighted by Gasteiger charge is -2.03. The van der Waals surface area contributed by atoms with Crippen LogP contribution in [0.2, 0.25) is 0 Å². The molecule has 0 atom stereocenters. The van der Waals surface area contributed by atoms with Gasteiger partial charge in [0.1, 0.15) is 5.82 Å². The molecular weight excluding hydrogens is 270 g/mol. The van der Waals surface area contributed by atoms with Crippen LogP contribution in [0.3, 0.4) is 0 Å². The number of aromatic nitrogens is 2. The minimum absolute atomic E-state index is 0.0222. The maximum absolute atomic E-state index is 12.3. The van der Waals surface area contributed by atoms with Crippen LogP contribution in [0, 0.1) is 6.92 Å². The van der Waals surface area contributed by atoms with E-state index in [9.17, 15) is 4.79 Å². The fourth-order valence-corrected chi connectivity index (χ4v) is 3.83. The number of thiophene rings is 1. The molecule has 0 saturated carbocycles. The third kappa shape index (κ3) is 2.63. The molecule has 0 aliphatic heterocycles. The molecule has 1 aliphatic rings. The van der Waals surface area contributed by atoms with Crippen molar-refractivity contribution in [3.8, 4) is 0 Å². The van der Waals surface area contributed by atoms with Gasteiger partial charge in [0.25, 0.3) is 5.91 Å². The van der Waals surface area contributed by atoms with Crippen LogP contribution < -0.4 is 5.32 Å². The van der Waals surface area contributed by atoms with Gasteiger partial charge in [0.05, 0.1) is 10.6 Å². The van der Waals surface area contributed by atoms with Crippen LogP contribution in [0.25, 0.3) is 0 Å². The van der Waals surface area contributed by atoms with Crippen molar-refractivity contribution in [1.29, 1.82) is 0 Å². The molecule has 2 aromatic heterocycles. The molecule has 0 saturated heterocycles. The van der Waals surface area contributed by atoms with Crippen LogP contribution in [-0.4, -0.2) is 15.7 Å². The number of carbonyl (C=O) groups is 1. The number of hydrogen-bond donors (Lipinski definition) is 1. The first-order valence-electron chi connectivity index (χ1n) is 7.07. The molecule has 1 N–H and O–H groups in total. The predicted molar refractivity (Wildman–Crippen MR) is 81.5 cm³/mol. The molecule has 0 fully saturated rings. The van der Waals surface area contributed by atoms with Gasteiger partial charge in [-0.25, -0.2) is 0 Å². The molecule has 0 unspecified atom stereocenters. The zero-order valence-electron chi connectivity index (χ0n) is 11.9. The number of fused-ring (bicyclic) bond motifs is 1. The van der Waals surface area contributed by atoms with Crippen molar-refractivity contribution in [1.82, 2.24) is 9.78 Å². The molecule has 20 heavy (non-hydrogen) atoms. The van der Waals surface area contributed by atoms with E-state index in [1.807, 2.05) is 20.0 Å². The van der Waals surface area contributed by atoms with E-state index in [4.69, 9.17) is 0 Å². The van der Waals surface area contributed by atoms with Crippen LogP contribution >= 0.6 is 11.3 Å². The quantitative estimate of drug-likeness (QED) is 0.862. The molecule has 1 amide bonds. The van der Waals surface area contributed by atoms with Crippen LogP contribution in [0.1, 0.15) is 45.1 Å². The first kappa shape index (κ1) is 13.4. The van der Waals surface area contributed by atoms with Crippen molar-refractivity contribution >= 4 is 23.1 Å². The Hall–Kier alpha value is -1.62. The van der Waals surface area contributed by atoms with Gasteiger partial charge in [0.2, 0.25) is 0 Å². The fraction of sp³-hybridized carbons (Fsp3) is 0.467. The number of carbonyl (C=O) groups excluding carboxylic acids is 1. The lowest BCUT2D eigenvalue weighted by molar-refractivity contribution is 0.102. The standard InChI is InChI=1S/C15H19N3OS/c1-10-8-14(18(2)17-10)16-15(19)13-9-11-6-4-3-5-7-12(11)20-13/h8-9H,3-7H2,1-2H3,(H,16,19). The van der Waals surface area contributed by atoms with Gasteiger partial charge in [-0.2, -0.15) is 5.10 Å². The summed E-state index contributed by atoms with van der Waals surface area (Å²) in [5.74, 6) is 0.724. The SMILES string of the molecule is Cc1cc(NC(=O)c2cc3c(s2)CCCCC3)n(C)n1. The Morgan fingerprint density at radius 3 is 2.85 bits per heavy atom. The summed E-state index contributed by atoms with van der Waals surface area (Å²) in [5.41, 5.74) is 2.28. The minimum atomic E-state index is -0.0222. The average Bonchev–Trinajstić information content (AvgIpc) is 2.86. The molecule has 106 valence electrons. The van der Waals surface area contributed by atoms with Gasteiger partial charge in [-0.3, -0.25) is 9.48 Å². The van der Waals surface area contributed by atoms with E-state index in [2.05, 4.69) is 16.5 Å². The molecule has 2 heterocycles. The minimum Gasteiger partial charge on any atom is -0.306 e. The van der Waals surface area contributed by atoms with Gasteiger partial charge in [-0.05, 0) is 44.2 Å². The van der Waals surface area contributed by atoms with E-state index in [0.29, 0.717) is 0 Å². The largest absolute Gasteiger partial charge is 0.306 e. The van der Waals surface area contributed by atoms with Gasteiger partial charge >= 0.3 is 0 Å². The highest BCUT2D eigenvalue weighted by atomic mass is 32.1. The highest BCUT2D eigenvalue weighted by Gasteiger charge is 2.17. The van der Waals surface area contributed by atoms with Gasteiger partial charge in [-0.15, -0.1) is 11.3 Å². The molecular formula is C15H19N3OS. The summed E-state index contributed by atoms with van der Waals surface area (Å²) in [5, 5.41) is 7.18. The lowest BCUT2D eigenvalue weighted by atomic mass is 10.1. The molecule has 0 spiro atoms. The van der Waals surface area contributed by atoms with Crippen molar-refractivity contribution in [3.63, 3.8) is 0 Å². The molecule has 5 heteroatoms. The smallest absolute Gasteiger partial charge is 0.266 e. The lowest BCUT2D eigenvalue weighted by Crippen LogP contribution is -2.13. The molecule has 4 nitrogen and oxygen atoms in total. The van der Waals surface area contributed by atoms with E-state index < -0.39 is 0 Å². The second kappa shape index (κ2) is 5.40. The third-order valence-electron chi connectivity index (χ3n) is 3.71. The van der Waals surface area contributed by atoms with Gasteiger partial charge in [-0.1, -0.05) is 6.42 Å². The van der Waals surface area contributed by atoms with Crippen LogP contribution in [-0.2, 0) is 19.9 Å². The Morgan fingerprint density at radius 1 is 1.30 bits per heavy atom. The summed E-state index contributed by atoms with van der Waals surface area (Å²) in [7, 11) is 1.84. The maximum Gasteiger partial charge on any atom is 0.266 e. The van der Waals surface area contributed by atoms with E-state index in [-0.39, 0.29) is 5.91 Å². The molecule has 2 aromatic rings. The summed E-state index contributed by atoms with van der Waals surface area (Å²) in [4.78, 5) is 14.6. The number of nitrogens with zero attached hydrogens (tertiary/aromatic N) is 2. The molecule has 0 bridgehead atoms. The third-order valence-corrected chi connectivity index (χ3v) is 4.95. The van der Waals surface area contributed by atoms with Crippen molar-refractivity contribution in [2.45, 2.75) is 39.0 Å². The summed E-state index contributed by atoms with van der Waals surface area (Å²) >= 11 is 1.65. The topological polar surface area (TPSA) is 46.9 Å². The highest BCUT2D eigenvalue weighted by molar-refractivity contribution is 7.14. The number of amides is 1. The van der Waals surface area contributed by atoms with Crippen molar-refractivity contribution < 1.29 is 4.79 Å². The first-order chi connectivity index (χ1) is 9.63. The zero-order chi connectivity index (χ0) is 14.1. The Balaban J connectivity index is 1.79. The fourth-order valence-electron chi connectivity index (χ4n) is 2.68. The van der Waals surface area contributed by atoms with Crippen molar-refractivity contribution in [2.24, 2.45) is 7.05 Å². The molecule has 0 aromatic carbocycles. The van der Waals surface area contributed by atoms with Crippen molar-refractivity contribution in [3.05, 3.63) is 33.1 Å². The Bertz CT molecular complexity index is 618.